The van der Waals surface area contributed by atoms with Gasteiger partial charge in [0.1, 0.15) is 0 Å². The fourth-order valence-electron chi connectivity index (χ4n) is 1.95. The van der Waals surface area contributed by atoms with Crippen LogP contribution >= 0.6 is 0 Å². The zero-order valence-electron chi connectivity index (χ0n) is 11.3. The number of pyridine rings is 1. The molecule has 1 amide bonds. The highest BCUT2D eigenvalue weighted by atomic mass is 32.2. The maximum absolute atomic E-state index is 12.2. The van der Waals surface area contributed by atoms with Gasteiger partial charge in [-0.2, -0.15) is 0 Å². The molecule has 0 N–H and O–H groups in total. The summed E-state index contributed by atoms with van der Waals surface area (Å²) < 4.78 is 22.6. The first kappa shape index (κ1) is 14.0. The molecule has 0 spiro atoms. The summed E-state index contributed by atoms with van der Waals surface area (Å²) in [6.45, 7) is 4.60. The lowest BCUT2D eigenvalue weighted by Gasteiger charge is -2.38. The third kappa shape index (κ3) is 2.94. The van der Waals surface area contributed by atoms with Gasteiger partial charge in [0.25, 0.3) is 5.91 Å². The molecule has 2 heterocycles. The second-order valence-electron chi connectivity index (χ2n) is 5.29. The average molecular weight is 282 g/mol. The van der Waals surface area contributed by atoms with Crippen molar-refractivity contribution >= 4 is 15.7 Å². The summed E-state index contributed by atoms with van der Waals surface area (Å²) in [4.78, 5) is 18.0. The second-order valence-corrected chi connectivity index (χ2v) is 7.61. The van der Waals surface area contributed by atoms with Crippen molar-refractivity contribution in [2.24, 2.45) is 0 Å². The van der Waals surface area contributed by atoms with E-state index in [-0.39, 0.29) is 24.9 Å². The first-order valence-electron chi connectivity index (χ1n) is 6.23. The molecule has 0 unspecified atom stereocenters. The zero-order valence-corrected chi connectivity index (χ0v) is 12.1. The van der Waals surface area contributed by atoms with Crippen LogP contribution in [0, 0.1) is 0 Å². The summed E-state index contributed by atoms with van der Waals surface area (Å²) in [7, 11) is -3.04. The van der Waals surface area contributed by atoms with E-state index < -0.39 is 15.1 Å². The van der Waals surface area contributed by atoms with Crippen molar-refractivity contribution in [3.63, 3.8) is 0 Å². The molecule has 5 nitrogen and oxygen atoms in total. The number of carbonyl (C=O) groups excluding carboxylic acids is 1. The highest BCUT2D eigenvalue weighted by Gasteiger charge is 2.37. The van der Waals surface area contributed by atoms with Gasteiger partial charge in [-0.3, -0.25) is 9.78 Å². The number of carbonyl (C=O) groups is 1. The minimum Gasteiger partial charge on any atom is -0.336 e. The molecule has 104 valence electrons. The van der Waals surface area contributed by atoms with Gasteiger partial charge in [-0.05, 0) is 18.1 Å². The Balaban J connectivity index is 2.08. The summed E-state index contributed by atoms with van der Waals surface area (Å²) in [5.74, 6) is 0.136. The monoisotopic (exact) mass is 282 g/mol. The van der Waals surface area contributed by atoms with Gasteiger partial charge < -0.3 is 4.90 Å². The molecule has 0 aromatic carbocycles. The molecular weight excluding hydrogens is 264 g/mol. The molecule has 1 aliphatic heterocycles. The Morgan fingerprint density at radius 1 is 1.42 bits per heavy atom. The van der Waals surface area contributed by atoms with E-state index in [4.69, 9.17) is 0 Å². The topological polar surface area (TPSA) is 67.3 Å². The number of hydrogen-bond donors (Lipinski definition) is 0. The van der Waals surface area contributed by atoms with Crippen LogP contribution in [0.5, 0.6) is 0 Å². The van der Waals surface area contributed by atoms with E-state index in [0.717, 1.165) is 5.69 Å². The van der Waals surface area contributed by atoms with Gasteiger partial charge in [-0.1, -0.05) is 13.8 Å². The minimum atomic E-state index is -3.04. The first-order chi connectivity index (χ1) is 8.79. The normalized spacial score (nSPS) is 16.5. The van der Waals surface area contributed by atoms with E-state index in [1.54, 1.807) is 23.2 Å². The fourth-order valence-corrected chi connectivity index (χ4v) is 2.86. The quantitative estimate of drug-likeness (QED) is 0.832. The van der Waals surface area contributed by atoms with Crippen LogP contribution in [0.2, 0.25) is 0 Å². The molecule has 0 bridgehead atoms. The lowest BCUT2D eigenvalue weighted by Crippen LogP contribution is -2.56. The smallest absolute Gasteiger partial charge is 0.254 e. The molecule has 1 aromatic rings. The Morgan fingerprint density at radius 3 is 2.58 bits per heavy atom. The summed E-state index contributed by atoms with van der Waals surface area (Å²) >= 11 is 0. The summed E-state index contributed by atoms with van der Waals surface area (Å²) in [6.07, 6.45) is 2.83. The van der Waals surface area contributed by atoms with Crippen LogP contribution in [-0.2, 0) is 9.84 Å². The molecular formula is C13H18N2O3S. The van der Waals surface area contributed by atoms with Crippen LogP contribution in [0.25, 0.3) is 0 Å². The van der Waals surface area contributed by atoms with E-state index in [2.05, 4.69) is 4.98 Å². The van der Waals surface area contributed by atoms with Crippen LogP contribution in [0.15, 0.2) is 18.3 Å². The van der Waals surface area contributed by atoms with Gasteiger partial charge in [0.15, 0.2) is 9.84 Å². The van der Waals surface area contributed by atoms with E-state index in [1.807, 2.05) is 13.8 Å². The molecule has 19 heavy (non-hydrogen) atoms. The van der Waals surface area contributed by atoms with Crippen molar-refractivity contribution in [3.05, 3.63) is 29.6 Å². The number of hydrogen-bond acceptors (Lipinski definition) is 4. The molecule has 1 fully saturated rings. The summed E-state index contributed by atoms with van der Waals surface area (Å²) in [6, 6.07) is 3.45. The standard InChI is InChI=1S/C13H18N2O3S/c1-9(2)12-6-10(4-5-14-12)13(16)15-7-11(8-15)19(3,17)18/h4-6,9,11H,7-8H2,1-3H3. The predicted molar refractivity (Wildman–Crippen MR) is 72.9 cm³/mol. The second kappa shape index (κ2) is 4.92. The fraction of sp³-hybridized carbons (Fsp3) is 0.538. The predicted octanol–water partition coefficient (Wildman–Crippen LogP) is 1.07. The van der Waals surface area contributed by atoms with Gasteiger partial charge in [0.05, 0.1) is 5.25 Å². The Hall–Kier alpha value is -1.43. The number of likely N-dealkylation sites (tertiary alicyclic amines) is 1. The summed E-state index contributed by atoms with van der Waals surface area (Å²) in [5.41, 5.74) is 1.44. The van der Waals surface area contributed by atoms with Crippen LogP contribution in [0.4, 0.5) is 0 Å². The largest absolute Gasteiger partial charge is 0.336 e. The Kier molecular flexibility index (Phi) is 3.62. The van der Waals surface area contributed by atoms with Crippen LogP contribution < -0.4 is 0 Å². The molecule has 0 saturated carbocycles. The van der Waals surface area contributed by atoms with Crippen LogP contribution in [0.1, 0.15) is 35.8 Å². The number of amides is 1. The minimum absolute atomic E-state index is 0.121. The lowest BCUT2D eigenvalue weighted by molar-refractivity contribution is 0.0659. The van der Waals surface area contributed by atoms with E-state index in [1.165, 1.54) is 6.26 Å². The van der Waals surface area contributed by atoms with Gasteiger partial charge in [0.2, 0.25) is 0 Å². The highest BCUT2D eigenvalue weighted by molar-refractivity contribution is 7.91. The molecule has 1 saturated heterocycles. The van der Waals surface area contributed by atoms with Crippen LogP contribution in [0.3, 0.4) is 0 Å². The molecule has 6 heteroatoms. The van der Waals surface area contributed by atoms with Crippen molar-refractivity contribution in [3.8, 4) is 0 Å². The maximum Gasteiger partial charge on any atom is 0.254 e. The van der Waals surface area contributed by atoms with Crippen molar-refractivity contribution in [1.29, 1.82) is 0 Å². The van der Waals surface area contributed by atoms with Gasteiger partial charge in [-0.15, -0.1) is 0 Å². The highest BCUT2D eigenvalue weighted by Crippen LogP contribution is 2.20. The maximum atomic E-state index is 12.2. The average Bonchev–Trinajstić information content (AvgIpc) is 2.25. The van der Waals surface area contributed by atoms with Gasteiger partial charge in [-0.25, -0.2) is 8.42 Å². The van der Waals surface area contributed by atoms with Gasteiger partial charge in [0, 0.05) is 36.8 Å². The molecule has 0 radical (unpaired) electrons. The molecule has 0 atom stereocenters. The van der Waals surface area contributed by atoms with E-state index >= 15 is 0 Å². The molecule has 1 aromatic heterocycles. The number of rotatable bonds is 3. The van der Waals surface area contributed by atoms with E-state index in [9.17, 15) is 13.2 Å². The molecule has 2 rings (SSSR count). The third-order valence-electron chi connectivity index (χ3n) is 3.36. The van der Waals surface area contributed by atoms with Crippen LogP contribution in [-0.4, -0.2) is 48.8 Å². The van der Waals surface area contributed by atoms with Gasteiger partial charge >= 0.3 is 0 Å². The SMILES string of the molecule is CC(C)c1cc(C(=O)N2CC(S(C)(=O)=O)C2)ccn1. The lowest BCUT2D eigenvalue weighted by atomic mass is 10.1. The Morgan fingerprint density at radius 2 is 2.05 bits per heavy atom. The van der Waals surface area contributed by atoms with Crippen molar-refractivity contribution < 1.29 is 13.2 Å². The first-order valence-corrected chi connectivity index (χ1v) is 8.18. The summed E-state index contributed by atoms with van der Waals surface area (Å²) in [5, 5.41) is -0.414. The Labute approximate surface area is 113 Å². The molecule has 0 aliphatic carbocycles. The van der Waals surface area contributed by atoms with E-state index in [0.29, 0.717) is 5.56 Å². The number of aromatic nitrogens is 1. The Bertz CT molecular complexity index is 590. The third-order valence-corrected chi connectivity index (χ3v) is 4.87. The van der Waals surface area contributed by atoms with Crippen molar-refractivity contribution in [1.82, 2.24) is 9.88 Å². The zero-order chi connectivity index (χ0) is 14.2. The van der Waals surface area contributed by atoms with Crippen molar-refractivity contribution in [2.45, 2.75) is 25.0 Å². The molecule has 1 aliphatic rings. The van der Waals surface area contributed by atoms with Crippen molar-refractivity contribution in [2.75, 3.05) is 19.3 Å². The number of sulfone groups is 1. The number of nitrogens with zero attached hydrogens (tertiary/aromatic N) is 2.